The van der Waals surface area contributed by atoms with Crippen LogP contribution < -0.4 is 0 Å². The first-order valence-corrected chi connectivity index (χ1v) is 26.5. The van der Waals surface area contributed by atoms with E-state index in [9.17, 15) is 10.2 Å². The van der Waals surface area contributed by atoms with E-state index >= 15 is 13.2 Å². The van der Waals surface area contributed by atoms with Crippen LogP contribution in [0.1, 0.15) is 202 Å². The van der Waals surface area contributed by atoms with E-state index in [-0.39, 0.29) is 55.6 Å². The summed E-state index contributed by atoms with van der Waals surface area (Å²) in [4.78, 5) is 5.56. The third-order valence-electron chi connectivity index (χ3n) is 19.4. The van der Waals surface area contributed by atoms with Crippen LogP contribution in [0.3, 0.4) is 0 Å². The van der Waals surface area contributed by atoms with E-state index in [0.717, 1.165) is 90.3 Å². The zero-order chi connectivity index (χ0) is 50.1. The minimum Gasteiger partial charge on any atom is -0.507 e. The number of nitrogens with zero attached hydrogens (tertiary/aromatic N) is 1. The monoisotopic (exact) mass is 948 g/mol. The van der Waals surface area contributed by atoms with Crippen molar-refractivity contribution in [1.29, 1.82) is 0 Å². The number of phenols is 2. The van der Waals surface area contributed by atoms with Gasteiger partial charge in [0.15, 0.2) is 0 Å². The summed E-state index contributed by atoms with van der Waals surface area (Å²) in [6.07, 6.45) is 6.35. The van der Waals surface area contributed by atoms with Crippen LogP contribution in [0.25, 0.3) is 33.5 Å². The van der Waals surface area contributed by atoms with Gasteiger partial charge in [-0.1, -0.05) is 118 Å². The van der Waals surface area contributed by atoms with Gasteiger partial charge in [-0.2, -0.15) is 13.2 Å². The lowest BCUT2D eigenvalue weighted by molar-refractivity contribution is -0.170. The Labute approximate surface area is 416 Å². The summed E-state index contributed by atoms with van der Waals surface area (Å²) in [7, 11) is 0. The Morgan fingerprint density at radius 1 is 0.514 bits per heavy atom. The molecular formula is C64H76F3NO2. The second kappa shape index (κ2) is 15.0. The maximum Gasteiger partial charge on any atom is 0.416 e. The van der Waals surface area contributed by atoms with Crippen LogP contribution in [0.5, 0.6) is 11.5 Å². The molecule has 1 unspecified atom stereocenters. The molecule has 0 amide bonds. The van der Waals surface area contributed by atoms with E-state index in [1.54, 1.807) is 0 Å². The molecule has 6 heteroatoms. The molecule has 8 aliphatic carbocycles. The van der Waals surface area contributed by atoms with Crippen LogP contribution in [-0.4, -0.2) is 15.2 Å². The molecule has 0 radical (unpaired) electrons. The predicted octanol–water partition coefficient (Wildman–Crippen LogP) is 18.0. The number of aromatic hydroxyl groups is 2. The first-order chi connectivity index (χ1) is 32.5. The van der Waals surface area contributed by atoms with Crippen molar-refractivity contribution >= 4 is 0 Å². The lowest BCUT2D eigenvalue weighted by atomic mass is 9.31. The zero-order valence-corrected chi connectivity index (χ0v) is 44.0. The van der Waals surface area contributed by atoms with Crippen LogP contribution >= 0.6 is 0 Å². The summed E-state index contributed by atoms with van der Waals surface area (Å²) in [5.74, 6) is 0.533. The minimum absolute atomic E-state index is 0.0711. The molecule has 5 aromatic rings. The lowest BCUT2D eigenvalue weighted by Crippen LogP contribution is -2.64. The van der Waals surface area contributed by atoms with Gasteiger partial charge in [-0.25, -0.2) is 0 Å². The number of hydrogen-bond acceptors (Lipinski definition) is 3. The van der Waals surface area contributed by atoms with Gasteiger partial charge < -0.3 is 10.2 Å². The molecule has 0 aliphatic heterocycles. The van der Waals surface area contributed by atoms with Gasteiger partial charge in [0.1, 0.15) is 11.5 Å². The minimum atomic E-state index is -4.65. The molecule has 370 valence electrons. The molecule has 8 fully saturated rings. The standard InChI is InChI=1S/C64H76F3NO2/c1-37(2)41-13-15-42(16-14-41)46-19-39(5)22-50(53(46)69)63-35-59(10)29-60(11,36-63)31-61(12,30-59)55(63)52-25-44(64(65,66)67)24-51(68-52)47-23-43(38(3)4)17-18-45(47)48-20-40(6)21-49(54(48)70)62-32-56(7)26-57(8,33-62)28-58(9,27-56)34-62/h13-25,37-38,55,69-70H,26-36H2,1-12H3/t55?,56?,57?,58?,59-,60-,61?,62?,63?/m1/s1. The smallest absolute Gasteiger partial charge is 0.416 e. The summed E-state index contributed by atoms with van der Waals surface area (Å²) in [5, 5.41) is 25.8. The number of phenolic OH excluding ortho intramolecular Hbond substituents is 2. The van der Waals surface area contributed by atoms with Gasteiger partial charge in [0.25, 0.3) is 0 Å². The van der Waals surface area contributed by atoms with Crippen molar-refractivity contribution < 1.29 is 23.4 Å². The van der Waals surface area contributed by atoms with E-state index in [2.05, 4.69) is 132 Å². The molecule has 13 rings (SSSR count). The molecule has 70 heavy (non-hydrogen) atoms. The van der Waals surface area contributed by atoms with Crippen molar-refractivity contribution in [3.8, 4) is 45.0 Å². The molecule has 1 aromatic heterocycles. The first-order valence-electron chi connectivity index (χ1n) is 26.5. The van der Waals surface area contributed by atoms with Crippen LogP contribution in [0.15, 0.2) is 78.9 Å². The number of pyridine rings is 1. The maximum absolute atomic E-state index is 15.8. The highest BCUT2D eigenvalue weighted by Crippen LogP contribution is 2.79. The molecule has 8 saturated carbocycles. The second-order valence-corrected chi connectivity index (χ2v) is 27.8. The number of rotatable bonds is 8. The number of hydrogen-bond donors (Lipinski definition) is 2. The molecule has 0 saturated heterocycles. The highest BCUT2D eigenvalue weighted by atomic mass is 19.4. The molecule has 0 spiro atoms. The molecule has 2 N–H and O–H groups in total. The zero-order valence-electron chi connectivity index (χ0n) is 44.0. The Hall–Kier alpha value is -4.58. The van der Waals surface area contributed by atoms with Crippen LogP contribution in [0.4, 0.5) is 13.2 Å². The average Bonchev–Trinajstić information content (AvgIpc) is 3.21. The summed E-state index contributed by atoms with van der Waals surface area (Å²) >= 11 is 0. The number of halogens is 3. The van der Waals surface area contributed by atoms with Gasteiger partial charge >= 0.3 is 6.18 Å². The van der Waals surface area contributed by atoms with Crippen molar-refractivity contribution in [3.63, 3.8) is 0 Å². The number of aromatic nitrogens is 1. The fourth-order valence-electron chi connectivity index (χ4n) is 19.8. The van der Waals surface area contributed by atoms with Crippen molar-refractivity contribution in [2.24, 2.45) is 32.5 Å². The van der Waals surface area contributed by atoms with E-state index < -0.39 is 28.5 Å². The van der Waals surface area contributed by atoms with E-state index in [4.69, 9.17) is 4.98 Å². The molecule has 8 bridgehead atoms. The van der Waals surface area contributed by atoms with Crippen molar-refractivity contribution in [1.82, 2.24) is 4.98 Å². The first kappa shape index (κ1) is 47.7. The molecule has 3 nitrogen and oxygen atoms in total. The third-order valence-corrected chi connectivity index (χ3v) is 19.4. The van der Waals surface area contributed by atoms with Gasteiger partial charge in [0, 0.05) is 50.3 Å². The number of alkyl halides is 3. The Bertz CT molecular complexity index is 2900. The summed E-state index contributed by atoms with van der Waals surface area (Å²) in [6.45, 7) is 27.2. The SMILES string of the molecule is Cc1cc(-c2ccc(C(C)C)cc2-c2cc(C(F)(F)F)cc(C3C4(C)C[C@]5(C)CC3(c3cc(C)cc(-c6ccc(C(C)C)cc6)c3O)C[C@@](C)(C4)C5)n2)c(O)c(C23CC4(C)CC(C)(CC(C)(C4)C2)C3)c1. The van der Waals surface area contributed by atoms with E-state index in [1.807, 2.05) is 18.2 Å². The Morgan fingerprint density at radius 3 is 1.53 bits per heavy atom. The van der Waals surface area contributed by atoms with Crippen molar-refractivity contribution in [3.05, 3.63) is 124 Å². The Balaban J connectivity index is 1.12. The van der Waals surface area contributed by atoms with Gasteiger partial charge in [-0.3, -0.25) is 4.98 Å². The summed E-state index contributed by atoms with van der Waals surface area (Å²) < 4.78 is 47.4. The van der Waals surface area contributed by atoms with E-state index in [0.29, 0.717) is 28.3 Å². The van der Waals surface area contributed by atoms with Crippen molar-refractivity contribution in [2.45, 2.75) is 188 Å². The molecule has 8 aliphatic rings. The third kappa shape index (κ3) is 7.43. The van der Waals surface area contributed by atoms with Gasteiger partial charge in [0.2, 0.25) is 0 Å². The second-order valence-electron chi connectivity index (χ2n) is 27.8. The maximum atomic E-state index is 15.8. The van der Waals surface area contributed by atoms with Gasteiger partial charge in [-0.05, 0) is 193 Å². The van der Waals surface area contributed by atoms with Crippen molar-refractivity contribution in [2.75, 3.05) is 0 Å². The van der Waals surface area contributed by atoms with E-state index in [1.165, 1.54) is 37.0 Å². The molecule has 3 atom stereocenters. The largest absolute Gasteiger partial charge is 0.507 e. The molecule has 1 heterocycles. The Kier molecular flexibility index (Phi) is 10.2. The van der Waals surface area contributed by atoms with Crippen LogP contribution in [-0.2, 0) is 17.0 Å². The number of benzene rings is 4. The lowest BCUT2D eigenvalue weighted by Gasteiger charge is -2.72. The average molecular weight is 948 g/mol. The van der Waals surface area contributed by atoms with Crippen LogP contribution in [0.2, 0.25) is 0 Å². The Morgan fingerprint density at radius 2 is 1.00 bits per heavy atom. The highest BCUT2D eigenvalue weighted by molar-refractivity contribution is 5.87. The fourth-order valence-corrected chi connectivity index (χ4v) is 19.8. The summed E-state index contributed by atoms with van der Waals surface area (Å²) in [6, 6.07) is 25.7. The molecule has 4 aromatic carbocycles. The molecular weight excluding hydrogens is 872 g/mol. The quantitative estimate of drug-likeness (QED) is 0.163. The predicted molar refractivity (Wildman–Crippen MR) is 278 cm³/mol. The van der Waals surface area contributed by atoms with Gasteiger partial charge in [0.05, 0.1) is 11.3 Å². The fraction of sp³-hybridized carbons (Fsp3) is 0.547. The normalized spacial score (nSPS) is 35.1. The number of aryl methyl sites for hydroxylation is 2. The summed E-state index contributed by atoms with van der Waals surface area (Å²) in [5.41, 5.74) is 8.91. The van der Waals surface area contributed by atoms with Crippen LogP contribution in [0, 0.1) is 46.3 Å². The topological polar surface area (TPSA) is 53.4 Å². The highest BCUT2D eigenvalue weighted by Gasteiger charge is 2.70. The van der Waals surface area contributed by atoms with Gasteiger partial charge in [-0.15, -0.1) is 0 Å².